The number of hydrogen-bond acceptors (Lipinski definition) is 3. The fourth-order valence-corrected chi connectivity index (χ4v) is 7.23. The summed E-state index contributed by atoms with van der Waals surface area (Å²) in [6.45, 7) is 13.1. The van der Waals surface area contributed by atoms with E-state index < -0.39 is 13.6 Å². The summed E-state index contributed by atoms with van der Waals surface area (Å²) < 4.78 is 2.42. The third kappa shape index (κ3) is 2.38. The van der Waals surface area contributed by atoms with Crippen molar-refractivity contribution in [1.82, 2.24) is 4.67 Å². The molecule has 0 saturated heterocycles. The van der Waals surface area contributed by atoms with E-state index >= 15 is 0 Å². The van der Waals surface area contributed by atoms with E-state index in [1.165, 1.54) is 5.31 Å². The Bertz CT molecular complexity index is 854. The van der Waals surface area contributed by atoms with Gasteiger partial charge in [-0.25, -0.2) is 0 Å². The van der Waals surface area contributed by atoms with Crippen molar-refractivity contribution in [2.75, 3.05) is 0 Å². The van der Waals surface area contributed by atoms with Crippen LogP contribution in [0.3, 0.4) is 0 Å². The van der Waals surface area contributed by atoms with Crippen molar-refractivity contribution in [2.45, 2.75) is 52.6 Å². The molecule has 2 aliphatic rings. The highest BCUT2D eigenvalue weighted by atomic mass is 31.1. The van der Waals surface area contributed by atoms with Crippen molar-refractivity contribution in [3.05, 3.63) is 58.2 Å². The van der Waals surface area contributed by atoms with Crippen molar-refractivity contribution in [2.24, 2.45) is 5.41 Å². The van der Waals surface area contributed by atoms with Crippen LogP contribution in [-0.4, -0.2) is 10.2 Å². The van der Waals surface area contributed by atoms with Crippen LogP contribution < -0.4 is 0 Å². The summed E-state index contributed by atoms with van der Waals surface area (Å²) in [5, 5.41) is 21.9. The first-order chi connectivity index (χ1) is 11.6. The topological polar surface area (TPSA) is 50.8 Å². The van der Waals surface area contributed by atoms with E-state index in [-0.39, 0.29) is 11.0 Å². The number of hydrogen-bond donors (Lipinski definition) is 0. The molecule has 3 nitrogen and oxygen atoms in total. The van der Waals surface area contributed by atoms with Gasteiger partial charge in [0.2, 0.25) is 0 Å². The van der Waals surface area contributed by atoms with Gasteiger partial charge in [0.15, 0.2) is 0 Å². The molecule has 0 saturated carbocycles. The SMILES string of the molecule is CC(C)(C)C1=C[C@@]2(c3ccccc3)C(C#N)=C(C#N)P1N2C(C)(C)C. The van der Waals surface area contributed by atoms with Gasteiger partial charge in [0.05, 0.1) is 17.0 Å². The second-order valence-corrected chi connectivity index (χ2v) is 10.6. The molecule has 1 aromatic carbocycles. The summed E-state index contributed by atoms with van der Waals surface area (Å²) in [6, 6.07) is 15.0. The first-order valence-electron chi connectivity index (χ1n) is 8.53. The molecule has 2 aliphatic heterocycles. The summed E-state index contributed by atoms with van der Waals surface area (Å²) in [5.74, 6) is 0. The van der Waals surface area contributed by atoms with E-state index in [9.17, 15) is 10.5 Å². The highest BCUT2D eigenvalue weighted by molar-refractivity contribution is 7.65. The summed E-state index contributed by atoms with van der Waals surface area (Å²) in [5.41, 5.74) is 0.822. The zero-order chi connectivity index (χ0) is 18.6. The molecule has 3 rings (SSSR count). The lowest BCUT2D eigenvalue weighted by molar-refractivity contribution is 0.186. The Morgan fingerprint density at radius 1 is 0.960 bits per heavy atom. The monoisotopic (exact) mass is 349 g/mol. The Balaban J connectivity index is 2.41. The van der Waals surface area contributed by atoms with Gasteiger partial charge in [0.1, 0.15) is 11.6 Å². The van der Waals surface area contributed by atoms with Crippen molar-refractivity contribution in [1.29, 1.82) is 10.5 Å². The van der Waals surface area contributed by atoms with Crippen LogP contribution in [0.15, 0.2) is 52.6 Å². The molecule has 4 heteroatoms. The minimum Gasteiger partial charge on any atom is -0.251 e. The molecule has 0 aromatic heterocycles. The van der Waals surface area contributed by atoms with Gasteiger partial charge in [0.25, 0.3) is 0 Å². The van der Waals surface area contributed by atoms with Crippen LogP contribution in [0.5, 0.6) is 0 Å². The Hall–Kier alpha value is -1.93. The lowest BCUT2D eigenvalue weighted by atomic mass is 9.78. The number of allylic oxidation sites excluding steroid dienone is 2. The van der Waals surface area contributed by atoms with E-state index in [1.807, 2.05) is 18.2 Å². The Morgan fingerprint density at radius 2 is 1.56 bits per heavy atom. The standard InChI is InChI=1S/C21H24N3P/c1-19(2,3)18-12-21(15-10-8-7-9-11-15)16(13-22)17(14-23)25(18)24(21)20(4,5)6/h7-12H,1-6H3/t21-,25?/m1/s1. The largest absolute Gasteiger partial charge is 0.251 e. The third-order valence-electron chi connectivity index (χ3n) is 4.77. The van der Waals surface area contributed by atoms with Gasteiger partial charge >= 0.3 is 0 Å². The molecule has 25 heavy (non-hydrogen) atoms. The summed E-state index contributed by atoms with van der Waals surface area (Å²) >= 11 is 0. The van der Waals surface area contributed by atoms with Gasteiger partial charge in [-0.3, -0.25) is 4.67 Å². The first kappa shape index (κ1) is 17.9. The molecule has 2 heterocycles. The molecule has 0 N–H and O–H groups in total. The third-order valence-corrected chi connectivity index (χ3v) is 8.09. The predicted octanol–water partition coefficient (Wildman–Crippen LogP) is 5.64. The Kier molecular flexibility index (Phi) is 3.96. The predicted molar refractivity (Wildman–Crippen MR) is 102 cm³/mol. The molecule has 0 aliphatic carbocycles. The molecule has 2 atom stereocenters. The smallest absolute Gasteiger partial charge is 0.107 e. The van der Waals surface area contributed by atoms with Crippen LogP contribution in [0.1, 0.15) is 47.1 Å². The molecule has 2 bridgehead atoms. The maximum absolute atomic E-state index is 9.98. The molecule has 0 spiro atoms. The van der Waals surface area contributed by atoms with E-state index in [2.05, 4.69) is 76.6 Å². The second kappa shape index (κ2) is 5.54. The van der Waals surface area contributed by atoms with E-state index in [1.54, 1.807) is 0 Å². The van der Waals surface area contributed by atoms with Gasteiger partial charge in [-0.05, 0) is 43.1 Å². The van der Waals surface area contributed by atoms with Crippen molar-refractivity contribution in [3.63, 3.8) is 0 Å². The highest BCUT2D eigenvalue weighted by Crippen LogP contribution is 2.78. The first-order valence-corrected chi connectivity index (χ1v) is 9.82. The Labute approximate surface area is 152 Å². The number of rotatable bonds is 1. The van der Waals surface area contributed by atoms with E-state index in [4.69, 9.17) is 0 Å². The Morgan fingerprint density at radius 3 is 2.00 bits per heavy atom. The van der Waals surface area contributed by atoms with Crippen molar-refractivity contribution >= 4 is 8.07 Å². The van der Waals surface area contributed by atoms with E-state index in [0.717, 1.165) is 5.56 Å². The quantitative estimate of drug-likeness (QED) is 0.617. The lowest BCUT2D eigenvalue weighted by Gasteiger charge is -2.44. The molecular weight excluding hydrogens is 325 g/mol. The summed E-state index contributed by atoms with van der Waals surface area (Å²) in [4.78, 5) is 0. The molecule has 0 amide bonds. The fraction of sp³-hybridized carbons (Fsp3) is 0.429. The van der Waals surface area contributed by atoms with Gasteiger partial charge in [0, 0.05) is 13.6 Å². The van der Waals surface area contributed by atoms with Crippen LogP contribution in [0.25, 0.3) is 0 Å². The van der Waals surface area contributed by atoms with Gasteiger partial charge < -0.3 is 0 Å². The highest BCUT2D eigenvalue weighted by Gasteiger charge is 2.62. The number of benzene rings is 1. The number of nitrogens with zero attached hydrogens (tertiary/aromatic N) is 3. The van der Waals surface area contributed by atoms with Crippen LogP contribution >= 0.6 is 8.07 Å². The molecule has 1 aromatic rings. The molecular formula is C21H24N3P. The summed E-state index contributed by atoms with van der Waals surface area (Å²) in [7, 11) is -0.962. The maximum atomic E-state index is 9.98. The molecule has 1 unspecified atom stereocenters. The van der Waals surface area contributed by atoms with Crippen LogP contribution in [0.2, 0.25) is 0 Å². The van der Waals surface area contributed by atoms with E-state index in [0.29, 0.717) is 10.9 Å². The minimum absolute atomic E-state index is 0.0468. The molecule has 0 radical (unpaired) electrons. The zero-order valence-electron chi connectivity index (χ0n) is 15.8. The lowest BCUT2D eigenvalue weighted by Crippen LogP contribution is -2.47. The molecule has 128 valence electrons. The van der Waals surface area contributed by atoms with Gasteiger partial charge in [-0.15, -0.1) is 0 Å². The van der Waals surface area contributed by atoms with Crippen LogP contribution in [-0.2, 0) is 5.54 Å². The average molecular weight is 349 g/mol. The average Bonchev–Trinajstić information content (AvgIpc) is 3.04. The van der Waals surface area contributed by atoms with Gasteiger partial charge in [-0.1, -0.05) is 51.1 Å². The number of nitriles is 2. The maximum Gasteiger partial charge on any atom is 0.107 e. The summed E-state index contributed by atoms with van der Waals surface area (Å²) in [6.07, 6.45) is 2.28. The van der Waals surface area contributed by atoms with Crippen LogP contribution in [0.4, 0.5) is 0 Å². The second-order valence-electron chi connectivity index (χ2n) is 8.65. The van der Waals surface area contributed by atoms with Crippen molar-refractivity contribution < 1.29 is 0 Å². The normalized spacial score (nSPS) is 26.4. The minimum atomic E-state index is -0.962. The molecule has 0 fully saturated rings. The fourth-order valence-electron chi connectivity index (χ4n) is 3.92. The number of fused-ring (bicyclic) bond motifs is 2. The van der Waals surface area contributed by atoms with Gasteiger partial charge in [-0.2, -0.15) is 10.5 Å². The zero-order valence-corrected chi connectivity index (χ0v) is 16.6. The van der Waals surface area contributed by atoms with Crippen molar-refractivity contribution in [3.8, 4) is 12.1 Å². The van der Waals surface area contributed by atoms with Crippen LogP contribution in [0, 0.1) is 28.1 Å².